The van der Waals surface area contributed by atoms with Gasteiger partial charge in [-0.05, 0) is 0 Å². The maximum Gasteiger partial charge on any atom is 2.00 e. The third-order valence-corrected chi connectivity index (χ3v) is 1.21. The molecule has 0 radical (unpaired) electrons. The van der Waals surface area contributed by atoms with Crippen LogP contribution in [0.15, 0.2) is 0 Å². The van der Waals surface area contributed by atoms with Crippen LogP contribution in [0.5, 0.6) is 5.75 Å². The van der Waals surface area contributed by atoms with E-state index in [1.54, 1.807) is 0 Å². The summed E-state index contributed by atoms with van der Waals surface area (Å²) < 4.78 is 53.7. The van der Waals surface area contributed by atoms with Crippen LogP contribution in [0.25, 0.3) is 0 Å². The zero-order chi connectivity index (χ0) is 9.30. The molecule has 1 rings (SSSR count). The van der Waals surface area contributed by atoms with E-state index in [4.69, 9.17) is 0 Å². The van der Waals surface area contributed by atoms with Crippen molar-refractivity contribution in [1.29, 1.82) is 0 Å². The quantitative estimate of drug-likeness (QED) is 0.269. The Balaban J connectivity index is 0. The fourth-order valence-electron chi connectivity index (χ4n) is 0.681. The third kappa shape index (κ3) is 2.99. The Morgan fingerprint density at radius 3 is 1.64 bits per heavy atom. The van der Waals surface area contributed by atoms with Crippen molar-refractivity contribution >= 4 is 23.1 Å². The van der Waals surface area contributed by atoms with Crippen molar-refractivity contribution in [3.05, 3.63) is 29.3 Å². The van der Waals surface area contributed by atoms with Gasteiger partial charge in [0, 0.05) is 0 Å². The molecule has 0 fully saturated rings. The monoisotopic (exact) mass is 282 g/mol. The van der Waals surface area contributed by atoms with Gasteiger partial charge in [-0.15, -0.1) is 6.07 Å². The third-order valence-electron chi connectivity index (χ3n) is 1.21. The van der Waals surface area contributed by atoms with E-state index in [9.17, 15) is 17.6 Å². The first-order chi connectivity index (χ1) is 5.57. The summed E-state index contributed by atoms with van der Waals surface area (Å²) in [5.74, 6) is -7.46. The van der Waals surface area contributed by atoms with Crippen LogP contribution in [0.4, 0.5) is 17.6 Å². The van der Waals surface area contributed by atoms with E-state index in [-0.39, 0.29) is 40.0 Å². The van der Waals surface area contributed by atoms with E-state index < -0.39 is 29.0 Å². The van der Waals surface area contributed by atoms with Crippen LogP contribution in [-0.2, 0) is 0 Å². The molecular formula is C7H3BrF4MgO. The summed E-state index contributed by atoms with van der Waals surface area (Å²) in [6.07, 6.45) is 0. The molecule has 74 valence electrons. The molecule has 0 aliphatic rings. The summed E-state index contributed by atoms with van der Waals surface area (Å²) in [7, 11) is 0.903. The Morgan fingerprint density at radius 1 is 1.00 bits per heavy atom. The minimum atomic E-state index is -1.61. The maximum absolute atomic E-state index is 12.5. The standard InChI is InChI=1S/C7H3F4O.BrH.Mg/c1-12-7-5(10)3(8)2-4(9)6(7)11;;/h1H3;1H;/q-1;;+2/p-1. The Bertz CT molecular complexity index is 295. The van der Waals surface area contributed by atoms with E-state index in [2.05, 4.69) is 4.74 Å². The summed E-state index contributed by atoms with van der Waals surface area (Å²) in [4.78, 5) is 0. The van der Waals surface area contributed by atoms with E-state index in [1.807, 2.05) is 0 Å². The van der Waals surface area contributed by atoms with E-state index in [0.717, 1.165) is 7.11 Å². The van der Waals surface area contributed by atoms with Crippen LogP contribution in [0.3, 0.4) is 0 Å². The molecule has 0 spiro atoms. The van der Waals surface area contributed by atoms with E-state index >= 15 is 0 Å². The molecule has 0 saturated carbocycles. The van der Waals surface area contributed by atoms with Crippen molar-refractivity contribution in [2.75, 3.05) is 7.11 Å². The molecule has 14 heavy (non-hydrogen) atoms. The van der Waals surface area contributed by atoms with E-state index in [1.165, 1.54) is 6.07 Å². The summed E-state index contributed by atoms with van der Waals surface area (Å²) in [6.45, 7) is 0. The largest absolute Gasteiger partial charge is 2.00 e. The second-order valence-corrected chi connectivity index (χ2v) is 1.91. The summed E-state index contributed by atoms with van der Waals surface area (Å²) in [5.41, 5.74) is 0. The normalized spacial score (nSPS) is 8.64. The number of hydrogen-bond acceptors (Lipinski definition) is 1. The van der Waals surface area contributed by atoms with Crippen molar-refractivity contribution < 1.29 is 39.3 Å². The number of methoxy groups -OCH3 is 1. The van der Waals surface area contributed by atoms with Crippen molar-refractivity contribution in [2.24, 2.45) is 0 Å². The van der Waals surface area contributed by atoms with Gasteiger partial charge in [-0.1, -0.05) is 0 Å². The number of halogens is 5. The molecule has 1 aromatic rings. The summed E-state index contributed by atoms with van der Waals surface area (Å²) in [6, 6.07) is 1.22. The maximum atomic E-state index is 12.5. The minimum absolute atomic E-state index is 0. The van der Waals surface area contributed by atoms with Crippen LogP contribution in [0.1, 0.15) is 0 Å². The molecule has 0 aliphatic carbocycles. The number of hydrogen-bond donors (Lipinski definition) is 0. The number of ether oxygens (including phenoxy) is 1. The van der Waals surface area contributed by atoms with Crippen LogP contribution >= 0.6 is 0 Å². The molecule has 7 heteroatoms. The van der Waals surface area contributed by atoms with Gasteiger partial charge in [-0.2, -0.15) is 0 Å². The SMILES string of the molecule is COc1c(F)c(F)[c-]c(F)c1F.[Br-].[Mg+2]. The average Bonchev–Trinajstić information content (AvgIpc) is 2.02. The van der Waals surface area contributed by atoms with Gasteiger partial charge in [0.1, 0.15) is 0 Å². The molecule has 0 aromatic heterocycles. The smallest absolute Gasteiger partial charge is 1.00 e. The predicted molar refractivity (Wildman–Crippen MR) is 37.4 cm³/mol. The van der Waals surface area contributed by atoms with Gasteiger partial charge in [-0.25, -0.2) is 8.78 Å². The van der Waals surface area contributed by atoms with Gasteiger partial charge in [0.05, 0.1) is 36.1 Å². The van der Waals surface area contributed by atoms with Crippen molar-refractivity contribution in [2.45, 2.75) is 0 Å². The molecular weight excluding hydrogens is 280 g/mol. The first kappa shape index (κ1) is 16.4. The van der Waals surface area contributed by atoms with Gasteiger partial charge in [0.15, 0.2) is 0 Å². The zero-order valence-corrected chi connectivity index (χ0v) is 10.0. The van der Waals surface area contributed by atoms with Crippen molar-refractivity contribution in [1.82, 2.24) is 0 Å². The molecule has 0 unspecified atom stereocenters. The second kappa shape index (κ2) is 6.47. The number of rotatable bonds is 1. The van der Waals surface area contributed by atoms with E-state index in [0.29, 0.717) is 0 Å². The van der Waals surface area contributed by atoms with Gasteiger partial charge in [-0.3, -0.25) is 8.78 Å². The average molecular weight is 283 g/mol. The van der Waals surface area contributed by atoms with Crippen LogP contribution in [-0.4, -0.2) is 30.2 Å². The second-order valence-electron chi connectivity index (χ2n) is 1.91. The first-order valence-electron chi connectivity index (χ1n) is 2.87. The minimum Gasteiger partial charge on any atom is -1.00 e. The molecule has 0 amide bonds. The topological polar surface area (TPSA) is 9.23 Å². The van der Waals surface area contributed by atoms with Crippen LogP contribution < -0.4 is 21.7 Å². The molecule has 0 bridgehead atoms. The summed E-state index contributed by atoms with van der Waals surface area (Å²) >= 11 is 0. The molecule has 1 nitrogen and oxygen atoms in total. The van der Waals surface area contributed by atoms with Gasteiger partial charge < -0.3 is 21.7 Å². The molecule has 0 aliphatic heterocycles. The summed E-state index contributed by atoms with van der Waals surface area (Å²) in [5, 5.41) is 0. The zero-order valence-electron chi connectivity index (χ0n) is 7.01. The molecule has 0 atom stereocenters. The molecule has 1 aromatic carbocycles. The molecule has 0 heterocycles. The Labute approximate surface area is 104 Å². The fraction of sp³-hybridized carbons (Fsp3) is 0.143. The fourth-order valence-corrected chi connectivity index (χ4v) is 0.681. The van der Waals surface area contributed by atoms with Crippen molar-refractivity contribution in [3.8, 4) is 5.75 Å². The van der Waals surface area contributed by atoms with Gasteiger partial charge in [0.2, 0.25) is 0 Å². The van der Waals surface area contributed by atoms with Crippen molar-refractivity contribution in [3.63, 3.8) is 0 Å². The Morgan fingerprint density at radius 2 is 1.36 bits per heavy atom. The molecule has 0 N–H and O–H groups in total. The predicted octanol–water partition coefficient (Wildman–Crippen LogP) is -1.33. The number of benzene rings is 1. The Hall–Kier alpha value is -0.0138. The molecule has 0 saturated heterocycles. The van der Waals surface area contributed by atoms with Crippen LogP contribution in [0, 0.1) is 29.3 Å². The Kier molecular flexibility index (Phi) is 7.58. The van der Waals surface area contributed by atoms with Gasteiger partial charge >= 0.3 is 23.1 Å². The van der Waals surface area contributed by atoms with Gasteiger partial charge in [0.25, 0.3) is 0 Å². The first-order valence-corrected chi connectivity index (χ1v) is 2.87. The van der Waals surface area contributed by atoms with Crippen LogP contribution in [0.2, 0.25) is 0 Å².